The Hall–Kier alpha value is -1.29. The highest BCUT2D eigenvalue weighted by molar-refractivity contribution is 5.47. The Bertz CT molecular complexity index is 463. The second kappa shape index (κ2) is 5.00. The Morgan fingerprint density at radius 3 is 2.53 bits per heavy atom. The molecular weight excluding hydrogens is 238 g/mol. The molecule has 1 aliphatic carbocycles. The Balaban J connectivity index is 1.61. The maximum absolute atomic E-state index is 6.08. The summed E-state index contributed by atoms with van der Waals surface area (Å²) in [5.41, 5.74) is 8.49. The van der Waals surface area contributed by atoms with Gasteiger partial charge in [0.25, 0.3) is 0 Å². The van der Waals surface area contributed by atoms with Crippen molar-refractivity contribution in [3.05, 3.63) is 17.3 Å². The maximum atomic E-state index is 6.08. The molecule has 0 atom stereocenters. The summed E-state index contributed by atoms with van der Waals surface area (Å²) >= 11 is 0. The molecule has 4 heteroatoms. The lowest BCUT2D eigenvalue weighted by Crippen LogP contribution is -2.39. The molecule has 19 heavy (non-hydrogen) atoms. The van der Waals surface area contributed by atoms with Crippen molar-refractivity contribution in [3.8, 4) is 5.88 Å². The molecule has 2 N–H and O–H groups in total. The van der Waals surface area contributed by atoms with Crippen LogP contribution in [0.1, 0.15) is 36.9 Å². The van der Waals surface area contributed by atoms with Gasteiger partial charge >= 0.3 is 0 Å². The first-order chi connectivity index (χ1) is 9.13. The van der Waals surface area contributed by atoms with Crippen LogP contribution in [-0.4, -0.2) is 35.1 Å². The molecule has 3 rings (SSSR count). The Kier molecular flexibility index (Phi) is 3.35. The molecule has 4 nitrogen and oxygen atoms in total. The van der Waals surface area contributed by atoms with Gasteiger partial charge in [-0.25, -0.2) is 4.98 Å². The first kappa shape index (κ1) is 12.7. The van der Waals surface area contributed by atoms with Crippen molar-refractivity contribution >= 4 is 5.69 Å². The van der Waals surface area contributed by atoms with E-state index >= 15 is 0 Å². The minimum atomic E-state index is 0.309. The number of hydrogen-bond acceptors (Lipinski definition) is 4. The van der Waals surface area contributed by atoms with Gasteiger partial charge in [-0.2, -0.15) is 0 Å². The molecule has 1 saturated carbocycles. The molecule has 0 amide bonds. The monoisotopic (exact) mass is 261 g/mol. The summed E-state index contributed by atoms with van der Waals surface area (Å²) in [4.78, 5) is 7.08. The predicted molar refractivity (Wildman–Crippen MR) is 76.4 cm³/mol. The minimum absolute atomic E-state index is 0.309. The summed E-state index contributed by atoms with van der Waals surface area (Å²) in [5.74, 6) is 0.761. The quantitative estimate of drug-likeness (QED) is 0.907. The highest BCUT2D eigenvalue weighted by Crippen LogP contribution is 2.30. The normalized spacial score (nSPS) is 21.6. The summed E-state index contributed by atoms with van der Waals surface area (Å²) in [6.45, 7) is 6.28. The lowest BCUT2D eigenvalue weighted by atomic mass is 10.1. The number of aromatic nitrogens is 1. The van der Waals surface area contributed by atoms with Gasteiger partial charge in [-0.3, -0.25) is 0 Å². The molecule has 2 fully saturated rings. The van der Waals surface area contributed by atoms with Crippen LogP contribution < -0.4 is 10.5 Å². The van der Waals surface area contributed by atoms with Gasteiger partial charge in [-0.15, -0.1) is 0 Å². The smallest absolute Gasteiger partial charge is 0.216 e. The number of nitrogens with zero attached hydrogens (tertiary/aromatic N) is 2. The number of anilines is 1. The van der Waals surface area contributed by atoms with Crippen LogP contribution in [0, 0.1) is 13.8 Å². The summed E-state index contributed by atoms with van der Waals surface area (Å²) in [7, 11) is 0. The number of pyridine rings is 1. The minimum Gasteiger partial charge on any atom is -0.474 e. The average Bonchev–Trinajstić information content (AvgIpc) is 3.21. The number of likely N-dealkylation sites (tertiary alicyclic amines) is 1. The summed E-state index contributed by atoms with van der Waals surface area (Å²) in [5, 5.41) is 0. The fraction of sp³-hybridized carbons (Fsp3) is 0.667. The van der Waals surface area contributed by atoms with Crippen molar-refractivity contribution in [2.24, 2.45) is 0 Å². The number of nitrogen functional groups attached to an aromatic ring is 1. The zero-order valence-electron chi connectivity index (χ0n) is 11.9. The topological polar surface area (TPSA) is 51.4 Å². The van der Waals surface area contributed by atoms with E-state index in [1.165, 1.54) is 25.9 Å². The van der Waals surface area contributed by atoms with Crippen molar-refractivity contribution < 1.29 is 4.74 Å². The lowest BCUT2D eigenvalue weighted by Gasteiger charge is -2.32. The largest absolute Gasteiger partial charge is 0.474 e. The van der Waals surface area contributed by atoms with Crippen molar-refractivity contribution in [1.29, 1.82) is 0 Å². The third-order valence-electron chi connectivity index (χ3n) is 4.21. The standard InChI is InChI=1S/C15H23N3O/c1-10-9-14(16)11(2)17-15(10)19-13-5-7-18(8-6-13)12-3-4-12/h9,12-13H,3-8,16H2,1-2H3. The van der Waals surface area contributed by atoms with Gasteiger partial charge in [0.05, 0.1) is 11.4 Å². The van der Waals surface area contributed by atoms with Crippen LogP contribution in [0.3, 0.4) is 0 Å². The van der Waals surface area contributed by atoms with Gasteiger partial charge in [0.2, 0.25) is 5.88 Å². The number of aryl methyl sites for hydroxylation is 2. The molecule has 0 bridgehead atoms. The number of hydrogen-bond donors (Lipinski definition) is 1. The van der Waals surface area contributed by atoms with E-state index in [0.717, 1.165) is 41.7 Å². The zero-order chi connectivity index (χ0) is 13.4. The highest BCUT2D eigenvalue weighted by atomic mass is 16.5. The van der Waals surface area contributed by atoms with Crippen LogP contribution in [-0.2, 0) is 0 Å². The Labute approximate surface area is 115 Å². The molecule has 1 aliphatic heterocycles. The summed E-state index contributed by atoms with van der Waals surface area (Å²) in [6, 6.07) is 2.83. The van der Waals surface area contributed by atoms with Crippen LogP contribution in [0.2, 0.25) is 0 Å². The van der Waals surface area contributed by atoms with E-state index in [1.54, 1.807) is 0 Å². The third kappa shape index (κ3) is 2.84. The molecule has 2 heterocycles. The van der Waals surface area contributed by atoms with E-state index < -0.39 is 0 Å². The molecule has 0 radical (unpaired) electrons. The SMILES string of the molecule is Cc1cc(N)c(C)nc1OC1CCN(C2CC2)CC1. The van der Waals surface area contributed by atoms with Crippen LogP contribution in [0.4, 0.5) is 5.69 Å². The van der Waals surface area contributed by atoms with Crippen molar-refractivity contribution in [2.45, 2.75) is 51.7 Å². The van der Waals surface area contributed by atoms with Gasteiger partial charge in [0.1, 0.15) is 6.10 Å². The Morgan fingerprint density at radius 1 is 1.21 bits per heavy atom. The van der Waals surface area contributed by atoms with Gasteiger partial charge in [0.15, 0.2) is 0 Å². The van der Waals surface area contributed by atoms with Crippen LogP contribution >= 0.6 is 0 Å². The lowest BCUT2D eigenvalue weighted by molar-refractivity contribution is 0.0923. The molecule has 0 spiro atoms. The van der Waals surface area contributed by atoms with Gasteiger partial charge in [-0.05, 0) is 45.6 Å². The molecule has 1 aromatic heterocycles. The van der Waals surface area contributed by atoms with Crippen LogP contribution in [0.5, 0.6) is 5.88 Å². The zero-order valence-corrected chi connectivity index (χ0v) is 11.9. The van der Waals surface area contributed by atoms with Gasteiger partial charge in [0, 0.05) is 24.7 Å². The van der Waals surface area contributed by atoms with Crippen molar-refractivity contribution in [2.75, 3.05) is 18.8 Å². The van der Waals surface area contributed by atoms with Crippen molar-refractivity contribution in [1.82, 2.24) is 9.88 Å². The number of nitrogens with two attached hydrogens (primary N) is 1. The molecule has 1 aromatic rings. The first-order valence-electron chi connectivity index (χ1n) is 7.28. The van der Waals surface area contributed by atoms with Crippen LogP contribution in [0.15, 0.2) is 6.07 Å². The second-order valence-electron chi connectivity index (χ2n) is 5.87. The van der Waals surface area contributed by atoms with Crippen LogP contribution in [0.25, 0.3) is 0 Å². The highest BCUT2D eigenvalue weighted by Gasteiger charge is 2.32. The predicted octanol–water partition coefficient (Wildman–Crippen LogP) is 2.29. The molecule has 104 valence electrons. The maximum Gasteiger partial charge on any atom is 0.216 e. The van der Waals surface area contributed by atoms with E-state index in [-0.39, 0.29) is 0 Å². The van der Waals surface area contributed by atoms with E-state index in [9.17, 15) is 0 Å². The number of piperidine rings is 1. The van der Waals surface area contributed by atoms with E-state index in [1.807, 2.05) is 19.9 Å². The fourth-order valence-electron chi connectivity index (χ4n) is 2.78. The molecule has 0 unspecified atom stereocenters. The first-order valence-corrected chi connectivity index (χ1v) is 7.28. The molecule has 2 aliphatic rings. The summed E-state index contributed by atoms with van der Waals surface area (Å²) < 4.78 is 6.08. The summed E-state index contributed by atoms with van der Waals surface area (Å²) in [6.07, 6.45) is 5.32. The van der Waals surface area contributed by atoms with E-state index in [0.29, 0.717) is 6.10 Å². The number of ether oxygens (including phenoxy) is 1. The van der Waals surface area contributed by atoms with Crippen molar-refractivity contribution in [3.63, 3.8) is 0 Å². The van der Waals surface area contributed by atoms with Gasteiger partial charge in [-0.1, -0.05) is 0 Å². The van der Waals surface area contributed by atoms with Gasteiger partial charge < -0.3 is 15.4 Å². The molecular formula is C15H23N3O. The fourth-order valence-corrected chi connectivity index (χ4v) is 2.78. The molecule has 0 aromatic carbocycles. The van der Waals surface area contributed by atoms with E-state index in [4.69, 9.17) is 10.5 Å². The molecule has 1 saturated heterocycles. The Morgan fingerprint density at radius 2 is 1.89 bits per heavy atom. The van der Waals surface area contributed by atoms with E-state index in [2.05, 4.69) is 9.88 Å². The average molecular weight is 261 g/mol. The third-order valence-corrected chi connectivity index (χ3v) is 4.21. The second-order valence-corrected chi connectivity index (χ2v) is 5.87. The number of rotatable bonds is 3.